The standard InChI is InChI=1S/C26H26N2O5/c1-4-12-27-19-9-6-5-8-18(19)26(25(27)31)21-22(29)17-15-16(2)10-11-20(17)33-23(21)24(30)28(26)13-7-14-32-3/h5-6,8-11,15H,4,7,12-14H2,1-3H3/t26-/m1/s1. The van der Waals surface area contributed by atoms with Gasteiger partial charge in [-0.15, -0.1) is 0 Å². The number of hydrogen-bond acceptors (Lipinski definition) is 5. The first kappa shape index (κ1) is 21.4. The zero-order valence-electron chi connectivity index (χ0n) is 19.0. The first-order valence-electron chi connectivity index (χ1n) is 11.3. The molecule has 2 aliphatic rings. The lowest BCUT2D eigenvalue weighted by Gasteiger charge is -2.34. The summed E-state index contributed by atoms with van der Waals surface area (Å²) in [6.45, 7) is 5.06. The van der Waals surface area contributed by atoms with E-state index in [1.54, 1.807) is 24.1 Å². The van der Waals surface area contributed by atoms with E-state index in [0.29, 0.717) is 36.1 Å². The Kier molecular flexibility index (Phi) is 5.09. The van der Waals surface area contributed by atoms with Crippen LogP contribution < -0.4 is 10.3 Å². The molecule has 1 aromatic heterocycles. The predicted molar refractivity (Wildman–Crippen MR) is 125 cm³/mol. The summed E-state index contributed by atoms with van der Waals surface area (Å²) in [7, 11) is 1.59. The molecule has 0 aliphatic carbocycles. The Balaban J connectivity index is 1.86. The Morgan fingerprint density at radius 3 is 2.61 bits per heavy atom. The van der Waals surface area contributed by atoms with Crippen molar-refractivity contribution in [2.24, 2.45) is 0 Å². The van der Waals surface area contributed by atoms with Crippen LogP contribution in [0.15, 0.2) is 51.7 Å². The van der Waals surface area contributed by atoms with E-state index < -0.39 is 11.4 Å². The molecule has 7 nitrogen and oxygen atoms in total. The number of aryl methyl sites for hydroxylation is 1. The summed E-state index contributed by atoms with van der Waals surface area (Å²) in [6, 6.07) is 12.7. The smallest absolute Gasteiger partial charge is 0.291 e. The zero-order valence-corrected chi connectivity index (χ0v) is 19.0. The lowest BCUT2D eigenvalue weighted by molar-refractivity contribution is -0.126. The van der Waals surface area contributed by atoms with E-state index in [-0.39, 0.29) is 29.2 Å². The van der Waals surface area contributed by atoms with Crippen molar-refractivity contribution in [2.45, 2.75) is 32.2 Å². The van der Waals surface area contributed by atoms with Crippen LogP contribution in [0.25, 0.3) is 11.0 Å². The number of ether oxygens (including phenoxy) is 1. The maximum atomic E-state index is 14.2. The summed E-state index contributed by atoms with van der Waals surface area (Å²) in [6.07, 6.45) is 1.26. The van der Waals surface area contributed by atoms with Crippen molar-refractivity contribution in [3.63, 3.8) is 0 Å². The second-order valence-electron chi connectivity index (χ2n) is 8.62. The van der Waals surface area contributed by atoms with Gasteiger partial charge in [-0.2, -0.15) is 0 Å². The van der Waals surface area contributed by atoms with Crippen LogP contribution >= 0.6 is 0 Å². The van der Waals surface area contributed by atoms with Crippen molar-refractivity contribution < 1.29 is 18.7 Å². The second-order valence-corrected chi connectivity index (χ2v) is 8.62. The lowest BCUT2D eigenvalue weighted by Crippen LogP contribution is -2.53. The van der Waals surface area contributed by atoms with Gasteiger partial charge in [0.15, 0.2) is 11.0 Å². The third kappa shape index (κ3) is 2.82. The molecule has 0 fully saturated rings. The topological polar surface area (TPSA) is 80.1 Å². The number of anilines is 1. The Morgan fingerprint density at radius 2 is 1.85 bits per heavy atom. The third-order valence-corrected chi connectivity index (χ3v) is 6.57. The highest BCUT2D eigenvalue weighted by Gasteiger charge is 2.64. The van der Waals surface area contributed by atoms with E-state index in [2.05, 4.69) is 0 Å². The molecule has 0 saturated carbocycles. The summed E-state index contributed by atoms with van der Waals surface area (Å²) in [5.74, 6) is -0.771. The van der Waals surface area contributed by atoms with Gasteiger partial charge in [-0.1, -0.05) is 36.8 Å². The molecule has 0 N–H and O–H groups in total. The Bertz CT molecular complexity index is 1340. The van der Waals surface area contributed by atoms with Gasteiger partial charge in [0, 0.05) is 32.4 Å². The van der Waals surface area contributed by atoms with E-state index in [1.807, 2.05) is 44.2 Å². The summed E-state index contributed by atoms with van der Waals surface area (Å²) >= 11 is 0. The summed E-state index contributed by atoms with van der Waals surface area (Å²) in [4.78, 5) is 45.1. The number of rotatable bonds is 6. The van der Waals surface area contributed by atoms with E-state index >= 15 is 0 Å². The first-order chi connectivity index (χ1) is 16.0. The van der Waals surface area contributed by atoms with Crippen LogP contribution in [0, 0.1) is 6.92 Å². The quantitative estimate of drug-likeness (QED) is 0.541. The van der Waals surface area contributed by atoms with Gasteiger partial charge < -0.3 is 19.0 Å². The van der Waals surface area contributed by atoms with Crippen molar-refractivity contribution in [1.29, 1.82) is 0 Å². The number of methoxy groups -OCH3 is 1. The van der Waals surface area contributed by atoms with E-state index in [0.717, 1.165) is 17.7 Å². The fourth-order valence-corrected chi connectivity index (χ4v) is 5.22. The fourth-order valence-electron chi connectivity index (χ4n) is 5.22. The van der Waals surface area contributed by atoms with E-state index in [4.69, 9.17) is 9.15 Å². The predicted octanol–water partition coefficient (Wildman–Crippen LogP) is 3.59. The molecular weight excluding hydrogens is 420 g/mol. The van der Waals surface area contributed by atoms with Crippen LogP contribution in [0.1, 0.15) is 47.0 Å². The molecule has 3 aromatic rings. The number of benzene rings is 2. The Hall–Kier alpha value is -3.45. The lowest BCUT2D eigenvalue weighted by atomic mass is 9.84. The SMILES string of the molecule is CCCN1C(=O)[C@@]2(c3ccccc31)c1c(oc3ccc(C)cc3c1=O)C(=O)N2CCCOC. The van der Waals surface area contributed by atoms with Crippen LogP contribution in [-0.4, -0.2) is 43.5 Å². The second kappa shape index (κ2) is 7.85. The summed E-state index contributed by atoms with van der Waals surface area (Å²) in [5.41, 5.74) is 0.868. The molecule has 5 rings (SSSR count). The highest BCUT2D eigenvalue weighted by atomic mass is 16.5. The molecule has 3 heterocycles. The Morgan fingerprint density at radius 1 is 1.06 bits per heavy atom. The molecule has 170 valence electrons. The first-order valence-corrected chi connectivity index (χ1v) is 11.3. The molecule has 33 heavy (non-hydrogen) atoms. The molecule has 0 bridgehead atoms. The minimum absolute atomic E-state index is 0.0460. The maximum Gasteiger partial charge on any atom is 0.291 e. The zero-order chi connectivity index (χ0) is 23.3. The van der Waals surface area contributed by atoms with Gasteiger partial charge in [-0.3, -0.25) is 14.4 Å². The molecule has 2 amide bonds. The number of carbonyl (C=O) groups excluding carboxylic acids is 2. The largest absolute Gasteiger partial charge is 0.450 e. The van der Waals surface area contributed by atoms with Crippen molar-refractivity contribution >= 4 is 28.5 Å². The van der Waals surface area contributed by atoms with E-state index in [1.165, 1.54) is 4.90 Å². The average Bonchev–Trinajstić information content (AvgIpc) is 3.20. The Labute approximate surface area is 191 Å². The number of para-hydroxylation sites is 1. The van der Waals surface area contributed by atoms with Crippen LogP contribution in [0.3, 0.4) is 0 Å². The molecule has 2 aliphatic heterocycles. The number of carbonyl (C=O) groups is 2. The third-order valence-electron chi connectivity index (χ3n) is 6.57. The highest BCUT2D eigenvalue weighted by Crippen LogP contribution is 2.52. The van der Waals surface area contributed by atoms with Gasteiger partial charge in [0.05, 0.1) is 16.6 Å². The number of hydrogen-bond donors (Lipinski definition) is 0. The molecule has 1 spiro atoms. The van der Waals surface area contributed by atoms with Crippen molar-refractivity contribution in [2.75, 3.05) is 31.7 Å². The van der Waals surface area contributed by atoms with Crippen LogP contribution in [0.2, 0.25) is 0 Å². The van der Waals surface area contributed by atoms with Gasteiger partial charge in [0.1, 0.15) is 5.58 Å². The van der Waals surface area contributed by atoms with Crippen LogP contribution in [-0.2, 0) is 15.1 Å². The normalized spacial score (nSPS) is 19.1. The minimum Gasteiger partial charge on any atom is -0.450 e. The highest BCUT2D eigenvalue weighted by molar-refractivity contribution is 6.17. The van der Waals surface area contributed by atoms with Crippen molar-refractivity contribution in [3.8, 4) is 0 Å². The van der Waals surface area contributed by atoms with Crippen LogP contribution in [0.5, 0.6) is 0 Å². The molecule has 0 radical (unpaired) electrons. The molecule has 2 aromatic carbocycles. The molecular formula is C26H26N2O5. The maximum absolute atomic E-state index is 14.2. The monoisotopic (exact) mass is 446 g/mol. The van der Waals surface area contributed by atoms with Gasteiger partial charge in [0.2, 0.25) is 5.76 Å². The van der Waals surface area contributed by atoms with E-state index in [9.17, 15) is 14.4 Å². The van der Waals surface area contributed by atoms with Crippen molar-refractivity contribution in [1.82, 2.24) is 4.90 Å². The summed E-state index contributed by atoms with van der Waals surface area (Å²) in [5, 5.41) is 0.374. The molecule has 1 atom stereocenters. The fraction of sp³-hybridized carbons (Fsp3) is 0.346. The average molecular weight is 447 g/mol. The number of fused-ring (bicyclic) bond motifs is 5. The van der Waals surface area contributed by atoms with Gasteiger partial charge >= 0.3 is 0 Å². The van der Waals surface area contributed by atoms with Crippen molar-refractivity contribution in [3.05, 3.63) is 75.1 Å². The minimum atomic E-state index is -1.54. The van der Waals surface area contributed by atoms with Gasteiger partial charge in [-0.05, 0) is 38.0 Å². The van der Waals surface area contributed by atoms with Gasteiger partial charge in [-0.25, -0.2) is 0 Å². The molecule has 0 unspecified atom stereocenters. The van der Waals surface area contributed by atoms with Gasteiger partial charge in [0.25, 0.3) is 11.8 Å². The number of amides is 2. The molecule has 7 heteroatoms. The summed E-state index contributed by atoms with van der Waals surface area (Å²) < 4.78 is 11.2. The molecule has 0 saturated heterocycles. The van der Waals surface area contributed by atoms with Crippen LogP contribution in [0.4, 0.5) is 5.69 Å². The number of nitrogens with zero attached hydrogens (tertiary/aromatic N) is 2.